The molecule has 2 amide bonds. The summed E-state index contributed by atoms with van der Waals surface area (Å²) in [4.78, 5) is 34.6. The molecule has 2 aliphatic heterocycles. The van der Waals surface area contributed by atoms with Crippen LogP contribution < -0.4 is 10.6 Å². The van der Waals surface area contributed by atoms with Crippen LogP contribution in [0.5, 0.6) is 0 Å². The summed E-state index contributed by atoms with van der Waals surface area (Å²) >= 11 is 2.07. The fraction of sp³-hybridized carbons (Fsp3) is 0.783. The third-order valence-corrected chi connectivity index (χ3v) is 8.03. The number of amides is 2. The predicted octanol–water partition coefficient (Wildman–Crippen LogP) is 3.90. The molecule has 2 heterocycles. The van der Waals surface area contributed by atoms with Crippen molar-refractivity contribution in [1.82, 2.24) is 10.6 Å². The molecule has 3 N–H and O–H groups in total. The number of thioether (sulfide) groups is 1. The summed E-state index contributed by atoms with van der Waals surface area (Å²) in [6.07, 6.45) is 14.2. The molecule has 4 atom stereocenters. The number of hydrogen-bond donors (Lipinski definition) is 3. The van der Waals surface area contributed by atoms with E-state index in [4.69, 9.17) is 5.11 Å². The molecule has 2 bridgehead atoms. The van der Waals surface area contributed by atoms with Crippen molar-refractivity contribution in [3.05, 3.63) is 12.2 Å². The SMILES string of the molecule is CCCCCCC(=O)NCC(=O)NC[C@H]1[C@@H](CC=CCCCC(=O)O)[C@H]2CC[C@@H]1S2. The van der Waals surface area contributed by atoms with Crippen LogP contribution in [0.3, 0.4) is 0 Å². The van der Waals surface area contributed by atoms with E-state index < -0.39 is 5.97 Å². The number of carboxylic acid groups (broad SMARTS) is 1. The number of unbranched alkanes of at least 4 members (excludes halogenated alkanes) is 4. The first-order valence-electron chi connectivity index (χ1n) is 11.6. The van der Waals surface area contributed by atoms with Gasteiger partial charge < -0.3 is 15.7 Å². The quantitative estimate of drug-likeness (QED) is 0.266. The van der Waals surface area contributed by atoms with Gasteiger partial charge in [0.1, 0.15) is 0 Å². The Balaban J connectivity index is 1.66. The average Bonchev–Trinajstić information content (AvgIpc) is 3.32. The van der Waals surface area contributed by atoms with E-state index in [-0.39, 0.29) is 24.8 Å². The molecule has 170 valence electrons. The monoisotopic (exact) mass is 438 g/mol. The van der Waals surface area contributed by atoms with Crippen LogP contribution in [0.2, 0.25) is 0 Å². The number of hydrogen-bond acceptors (Lipinski definition) is 4. The van der Waals surface area contributed by atoms with Gasteiger partial charge in [0.15, 0.2) is 0 Å². The fourth-order valence-corrected chi connectivity index (χ4v) is 6.50. The lowest BCUT2D eigenvalue weighted by Gasteiger charge is -2.29. The van der Waals surface area contributed by atoms with Gasteiger partial charge in [0.25, 0.3) is 0 Å². The second kappa shape index (κ2) is 13.7. The van der Waals surface area contributed by atoms with Gasteiger partial charge >= 0.3 is 5.97 Å². The highest BCUT2D eigenvalue weighted by molar-refractivity contribution is 8.01. The Morgan fingerprint density at radius 2 is 1.70 bits per heavy atom. The molecule has 0 aliphatic carbocycles. The summed E-state index contributed by atoms with van der Waals surface area (Å²) in [5.41, 5.74) is 0. The maximum Gasteiger partial charge on any atom is 0.303 e. The van der Waals surface area contributed by atoms with Gasteiger partial charge in [-0.05, 0) is 50.4 Å². The zero-order chi connectivity index (χ0) is 21.8. The molecular weight excluding hydrogens is 400 g/mol. The maximum atomic E-state index is 12.2. The Kier molecular flexibility index (Phi) is 11.3. The van der Waals surface area contributed by atoms with Crippen LogP contribution in [0.25, 0.3) is 0 Å². The highest BCUT2D eigenvalue weighted by atomic mass is 32.2. The van der Waals surface area contributed by atoms with Gasteiger partial charge in [-0.1, -0.05) is 38.3 Å². The van der Waals surface area contributed by atoms with E-state index in [0.717, 1.165) is 38.5 Å². The molecule has 0 saturated carbocycles. The van der Waals surface area contributed by atoms with Gasteiger partial charge in [0.2, 0.25) is 11.8 Å². The van der Waals surface area contributed by atoms with E-state index in [9.17, 15) is 14.4 Å². The van der Waals surface area contributed by atoms with Crippen LogP contribution in [-0.4, -0.2) is 46.5 Å². The van der Waals surface area contributed by atoms with Crippen molar-refractivity contribution < 1.29 is 19.5 Å². The zero-order valence-corrected chi connectivity index (χ0v) is 19.1. The number of nitrogens with one attached hydrogen (secondary N) is 2. The van der Waals surface area contributed by atoms with Crippen molar-refractivity contribution in [3.63, 3.8) is 0 Å². The van der Waals surface area contributed by atoms with Gasteiger partial charge in [-0.3, -0.25) is 14.4 Å². The molecule has 0 aromatic rings. The highest BCUT2D eigenvalue weighted by Crippen LogP contribution is 2.54. The first-order chi connectivity index (χ1) is 14.5. The molecule has 0 spiro atoms. The smallest absolute Gasteiger partial charge is 0.303 e. The van der Waals surface area contributed by atoms with Crippen molar-refractivity contribution in [2.75, 3.05) is 13.1 Å². The van der Waals surface area contributed by atoms with Gasteiger partial charge in [-0.15, -0.1) is 0 Å². The minimum absolute atomic E-state index is 0.0392. The highest BCUT2D eigenvalue weighted by Gasteiger charge is 2.47. The Hall–Kier alpha value is -1.50. The van der Waals surface area contributed by atoms with Gasteiger partial charge in [0.05, 0.1) is 6.54 Å². The van der Waals surface area contributed by atoms with Crippen LogP contribution in [-0.2, 0) is 14.4 Å². The lowest BCUT2D eigenvalue weighted by molar-refractivity contribution is -0.137. The second-order valence-electron chi connectivity index (χ2n) is 8.50. The minimum Gasteiger partial charge on any atom is -0.481 e. The van der Waals surface area contributed by atoms with E-state index in [0.29, 0.717) is 41.7 Å². The number of carbonyl (C=O) groups excluding carboxylic acids is 2. The standard InChI is InChI=1S/C23H38N2O4S/c1-2-3-4-8-11-21(26)25-16-22(27)24-15-18-17(19-13-14-20(18)30-19)10-7-5-6-9-12-23(28)29/h5,7,17-20H,2-4,6,8-16H2,1H3,(H,24,27)(H,25,26)(H,28,29)/t17-,18+,19-,20+/m1/s1. The maximum absolute atomic E-state index is 12.2. The molecule has 0 radical (unpaired) electrons. The topological polar surface area (TPSA) is 95.5 Å². The Labute approximate surface area is 185 Å². The Morgan fingerprint density at radius 3 is 2.43 bits per heavy atom. The molecule has 0 unspecified atom stereocenters. The molecule has 2 rings (SSSR count). The zero-order valence-electron chi connectivity index (χ0n) is 18.2. The molecule has 2 saturated heterocycles. The van der Waals surface area contributed by atoms with Gasteiger partial charge in [0, 0.05) is 29.9 Å². The number of rotatable bonds is 15. The summed E-state index contributed by atoms with van der Waals surface area (Å²) in [6.45, 7) is 2.88. The summed E-state index contributed by atoms with van der Waals surface area (Å²) in [6, 6.07) is 0. The first-order valence-corrected chi connectivity index (χ1v) is 12.5. The van der Waals surface area contributed by atoms with E-state index >= 15 is 0 Å². The number of carbonyl (C=O) groups is 3. The molecule has 2 fully saturated rings. The minimum atomic E-state index is -0.739. The van der Waals surface area contributed by atoms with E-state index in [1.165, 1.54) is 12.8 Å². The number of aliphatic carboxylic acids is 1. The van der Waals surface area contributed by atoms with Gasteiger partial charge in [-0.25, -0.2) is 0 Å². The van der Waals surface area contributed by atoms with E-state index in [2.05, 4.69) is 41.5 Å². The van der Waals surface area contributed by atoms with Crippen LogP contribution in [0.1, 0.15) is 77.6 Å². The van der Waals surface area contributed by atoms with Crippen molar-refractivity contribution in [2.45, 2.75) is 88.1 Å². The molecule has 0 aromatic heterocycles. The number of fused-ring (bicyclic) bond motifs is 2. The summed E-state index contributed by atoms with van der Waals surface area (Å²) in [7, 11) is 0. The molecule has 6 nitrogen and oxygen atoms in total. The van der Waals surface area contributed by atoms with Crippen molar-refractivity contribution in [2.24, 2.45) is 11.8 Å². The molecule has 7 heteroatoms. The average molecular weight is 439 g/mol. The van der Waals surface area contributed by atoms with Crippen LogP contribution in [0.4, 0.5) is 0 Å². The van der Waals surface area contributed by atoms with Crippen LogP contribution in [0.15, 0.2) is 12.2 Å². The largest absolute Gasteiger partial charge is 0.481 e. The lowest BCUT2D eigenvalue weighted by atomic mass is 9.77. The third kappa shape index (κ3) is 8.70. The molecule has 2 aliphatic rings. The lowest BCUT2D eigenvalue weighted by Crippen LogP contribution is -2.42. The van der Waals surface area contributed by atoms with Crippen LogP contribution >= 0.6 is 11.8 Å². The first kappa shape index (κ1) is 24.8. The summed E-state index contributed by atoms with van der Waals surface area (Å²) in [5, 5.41) is 15.8. The summed E-state index contributed by atoms with van der Waals surface area (Å²) in [5.74, 6) is 0.163. The van der Waals surface area contributed by atoms with E-state index in [1.807, 2.05) is 0 Å². The summed E-state index contributed by atoms with van der Waals surface area (Å²) < 4.78 is 0. The normalized spacial score (nSPS) is 25.0. The van der Waals surface area contributed by atoms with E-state index in [1.54, 1.807) is 0 Å². The van der Waals surface area contributed by atoms with Crippen LogP contribution in [0, 0.1) is 11.8 Å². The number of carboxylic acids is 1. The van der Waals surface area contributed by atoms with Crippen molar-refractivity contribution in [3.8, 4) is 0 Å². The Morgan fingerprint density at radius 1 is 0.933 bits per heavy atom. The molecule has 30 heavy (non-hydrogen) atoms. The molecule has 0 aromatic carbocycles. The van der Waals surface area contributed by atoms with Gasteiger partial charge in [-0.2, -0.15) is 11.8 Å². The Bertz CT molecular complexity index is 596. The van der Waals surface area contributed by atoms with Crippen molar-refractivity contribution >= 4 is 29.5 Å². The third-order valence-electron chi connectivity index (χ3n) is 6.17. The fourth-order valence-electron chi connectivity index (χ4n) is 4.50. The number of allylic oxidation sites excluding steroid dienone is 2. The second-order valence-corrected chi connectivity index (χ2v) is 9.99. The molecular formula is C23H38N2O4S. The predicted molar refractivity (Wildman–Crippen MR) is 121 cm³/mol. The van der Waals surface area contributed by atoms with Crippen molar-refractivity contribution in [1.29, 1.82) is 0 Å².